The molecule has 0 fully saturated rings. The summed E-state index contributed by atoms with van der Waals surface area (Å²) in [6, 6.07) is 18.8. The highest BCUT2D eigenvalue weighted by Gasteiger charge is 2.16. The number of ether oxygens (including phenoxy) is 1. The van der Waals surface area contributed by atoms with E-state index in [1.165, 1.54) is 12.8 Å². The van der Waals surface area contributed by atoms with E-state index in [2.05, 4.69) is 64.4 Å². The van der Waals surface area contributed by atoms with Crippen LogP contribution in [0, 0.1) is 0 Å². The molecule has 1 aliphatic carbocycles. The minimum absolute atomic E-state index is 0.622. The third-order valence-corrected chi connectivity index (χ3v) is 5.51. The Bertz CT molecular complexity index is 988. The standard InChI is InChI=1S/C21H24O.C10H12.C2H6/c1-6-9-13-17(4)18(5)21(22-16-7-2)20(8-3)19-14-11-10-12-15-19;1-8-6-7-9-4-2-3-5-10(8)9;1-2/h6,8-15H,1,3-5,7,16H2,2H3;2-5,8H,6-7H2,1H3;1-2H3/b13-9-,21-20-;;. The highest BCUT2D eigenvalue weighted by atomic mass is 16.5. The van der Waals surface area contributed by atoms with E-state index < -0.39 is 0 Å². The largest absolute Gasteiger partial charge is 0.492 e. The van der Waals surface area contributed by atoms with Gasteiger partial charge in [0.15, 0.2) is 0 Å². The van der Waals surface area contributed by atoms with Crippen LogP contribution in [-0.2, 0) is 11.2 Å². The van der Waals surface area contributed by atoms with Gasteiger partial charge in [0.1, 0.15) is 5.76 Å². The van der Waals surface area contributed by atoms with Crippen molar-refractivity contribution in [2.75, 3.05) is 6.61 Å². The lowest BCUT2D eigenvalue weighted by molar-refractivity contribution is 0.223. The van der Waals surface area contributed by atoms with Crippen LogP contribution >= 0.6 is 0 Å². The third-order valence-electron chi connectivity index (χ3n) is 5.51. The van der Waals surface area contributed by atoms with Crippen LogP contribution in [0.4, 0.5) is 0 Å². The van der Waals surface area contributed by atoms with E-state index in [-0.39, 0.29) is 0 Å². The molecule has 0 spiro atoms. The number of allylic oxidation sites excluding steroid dienone is 6. The number of rotatable bonds is 9. The Kier molecular flexibility index (Phi) is 13.8. The van der Waals surface area contributed by atoms with Gasteiger partial charge in [-0.3, -0.25) is 0 Å². The molecule has 3 rings (SSSR count). The van der Waals surface area contributed by atoms with Crippen molar-refractivity contribution in [1.82, 2.24) is 0 Å². The van der Waals surface area contributed by atoms with E-state index in [1.54, 1.807) is 23.3 Å². The van der Waals surface area contributed by atoms with Gasteiger partial charge in [-0.15, -0.1) is 0 Å². The van der Waals surface area contributed by atoms with Crippen LogP contribution in [0.1, 0.15) is 63.1 Å². The molecule has 0 saturated carbocycles. The Labute approximate surface area is 208 Å². The second-order valence-electron chi connectivity index (χ2n) is 7.90. The lowest BCUT2D eigenvalue weighted by Gasteiger charge is -2.17. The van der Waals surface area contributed by atoms with Gasteiger partial charge in [-0.1, -0.05) is 133 Å². The van der Waals surface area contributed by atoms with E-state index in [9.17, 15) is 0 Å². The van der Waals surface area contributed by atoms with E-state index in [0.29, 0.717) is 6.61 Å². The zero-order valence-electron chi connectivity index (χ0n) is 21.6. The molecular weight excluding hydrogens is 412 g/mol. The molecule has 0 N–H and O–H groups in total. The van der Waals surface area contributed by atoms with E-state index in [0.717, 1.165) is 40.4 Å². The van der Waals surface area contributed by atoms with Gasteiger partial charge in [0.2, 0.25) is 0 Å². The Balaban J connectivity index is 0.000000395. The molecule has 0 radical (unpaired) electrons. The van der Waals surface area contributed by atoms with Gasteiger partial charge in [0.05, 0.1) is 6.61 Å². The first-order valence-corrected chi connectivity index (χ1v) is 12.3. The molecule has 0 aliphatic heterocycles. The monoisotopic (exact) mass is 454 g/mol. The van der Waals surface area contributed by atoms with Crippen molar-refractivity contribution in [3.8, 4) is 0 Å². The summed E-state index contributed by atoms with van der Waals surface area (Å²) in [6.45, 7) is 24.8. The van der Waals surface area contributed by atoms with Crippen LogP contribution in [0.3, 0.4) is 0 Å². The predicted octanol–water partition coefficient (Wildman–Crippen LogP) is 9.63. The van der Waals surface area contributed by atoms with Crippen molar-refractivity contribution in [3.63, 3.8) is 0 Å². The molecule has 2 aromatic carbocycles. The zero-order valence-corrected chi connectivity index (χ0v) is 21.6. The van der Waals surface area contributed by atoms with Crippen molar-refractivity contribution in [3.05, 3.63) is 139 Å². The lowest BCUT2D eigenvalue weighted by atomic mass is 9.98. The van der Waals surface area contributed by atoms with E-state index in [4.69, 9.17) is 4.74 Å². The van der Waals surface area contributed by atoms with Crippen molar-refractivity contribution >= 4 is 5.57 Å². The van der Waals surface area contributed by atoms with E-state index >= 15 is 0 Å². The van der Waals surface area contributed by atoms with Crippen LogP contribution in [0.5, 0.6) is 0 Å². The second-order valence-corrected chi connectivity index (χ2v) is 7.90. The van der Waals surface area contributed by atoms with E-state index in [1.807, 2.05) is 56.3 Å². The maximum Gasteiger partial charge on any atom is 0.134 e. The molecule has 1 aliphatic rings. The summed E-state index contributed by atoms with van der Waals surface area (Å²) in [6.07, 6.45) is 10.8. The maximum absolute atomic E-state index is 5.95. The quantitative estimate of drug-likeness (QED) is 0.271. The Morgan fingerprint density at radius 3 is 2.24 bits per heavy atom. The molecule has 0 amide bonds. The number of hydrogen-bond donors (Lipinski definition) is 0. The summed E-state index contributed by atoms with van der Waals surface area (Å²) in [4.78, 5) is 0. The summed E-state index contributed by atoms with van der Waals surface area (Å²) in [5.74, 6) is 1.53. The Hall–Kier alpha value is -3.32. The Morgan fingerprint density at radius 1 is 1.00 bits per heavy atom. The number of fused-ring (bicyclic) bond motifs is 1. The summed E-state index contributed by atoms with van der Waals surface area (Å²) < 4.78 is 5.95. The Morgan fingerprint density at radius 2 is 1.65 bits per heavy atom. The van der Waals surface area contributed by atoms with Crippen molar-refractivity contribution in [2.24, 2.45) is 0 Å². The average Bonchev–Trinajstić information content (AvgIpc) is 3.27. The lowest BCUT2D eigenvalue weighted by Crippen LogP contribution is -2.02. The van der Waals surface area contributed by atoms with Crippen LogP contribution in [0.25, 0.3) is 5.57 Å². The molecule has 1 atom stereocenters. The van der Waals surface area contributed by atoms with Gasteiger partial charge >= 0.3 is 0 Å². The zero-order chi connectivity index (χ0) is 25.3. The molecule has 0 aromatic heterocycles. The molecule has 1 nitrogen and oxygen atoms in total. The second kappa shape index (κ2) is 16.3. The minimum atomic E-state index is 0.622. The molecule has 1 unspecified atom stereocenters. The van der Waals surface area contributed by atoms with Gasteiger partial charge in [0.25, 0.3) is 0 Å². The summed E-state index contributed by atoms with van der Waals surface area (Å²) >= 11 is 0. The van der Waals surface area contributed by atoms with Gasteiger partial charge in [0, 0.05) is 11.1 Å². The molecule has 0 saturated heterocycles. The number of aryl methyl sites for hydroxylation is 1. The van der Waals surface area contributed by atoms with Crippen molar-refractivity contribution in [2.45, 2.75) is 52.9 Å². The van der Waals surface area contributed by atoms with Crippen molar-refractivity contribution in [1.29, 1.82) is 0 Å². The fraction of sp³-hybridized carbons (Fsp3) is 0.273. The van der Waals surface area contributed by atoms with Crippen molar-refractivity contribution < 1.29 is 4.74 Å². The van der Waals surface area contributed by atoms with Gasteiger partial charge in [-0.25, -0.2) is 0 Å². The molecule has 0 bridgehead atoms. The molecule has 2 aromatic rings. The minimum Gasteiger partial charge on any atom is -0.492 e. The average molecular weight is 455 g/mol. The highest BCUT2D eigenvalue weighted by molar-refractivity contribution is 5.79. The molecular formula is C33H42O. The first kappa shape index (κ1) is 28.7. The fourth-order valence-electron chi connectivity index (χ4n) is 3.69. The van der Waals surface area contributed by atoms with Gasteiger partial charge in [-0.2, -0.15) is 0 Å². The molecule has 0 heterocycles. The summed E-state index contributed by atoms with van der Waals surface area (Å²) in [5, 5.41) is 0. The SMILES string of the molecule is C=C/C=C\C(=C)C(=C)/C(OCCC)=C(\C=C)c1ccccc1.CC.CC1CCc2ccccc21. The summed E-state index contributed by atoms with van der Waals surface area (Å²) in [5.41, 5.74) is 6.65. The summed E-state index contributed by atoms with van der Waals surface area (Å²) in [7, 11) is 0. The van der Waals surface area contributed by atoms with Crippen LogP contribution in [0.15, 0.2) is 122 Å². The first-order valence-electron chi connectivity index (χ1n) is 12.3. The smallest absolute Gasteiger partial charge is 0.134 e. The topological polar surface area (TPSA) is 9.23 Å². The molecule has 1 heteroatoms. The predicted molar refractivity (Wildman–Crippen MR) is 152 cm³/mol. The highest BCUT2D eigenvalue weighted by Crippen LogP contribution is 2.31. The number of hydrogen-bond acceptors (Lipinski definition) is 1. The fourth-order valence-corrected chi connectivity index (χ4v) is 3.69. The molecule has 180 valence electrons. The van der Waals surface area contributed by atoms with Crippen LogP contribution in [-0.4, -0.2) is 6.61 Å². The third kappa shape index (κ3) is 8.56. The normalized spacial score (nSPS) is 14.4. The maximum atomic E-state index is 5.95. The molecule has 34 heavy (non-hydrogen) atoms. The van der Waals surface area contributed by atoms with Gasteiger partial charge in [-0.05, 0) is 47.4 Å². The van der Waals surface area contributed by atoms with Crippen LogP contribution < -0.4 is 0 Å². The first-order chi connectivity index (χ1) is 16.5. The van der Waals surface area contributed by atoms with Gasteiger partial charge < -0.3 is 4.74 Å². The van der Waals surface area contributed by atoms with Crippen LogP contribution in [0.2, 0.25) is 0 Å². The number of benzene rings is 2.